The Kier molecular flexibility index (Phi) is 10.9. The molecule has 0 radical (unpaired) electrons. The maximum atomic E-state index is 11.1. The molecule has 168 valence electrons. The van der Waals surface area contributed by atoms with E-state index in [0.717, 1.165) is 58.1 Å². The van der Waals surface area contributed by atoms with E-state index in [-0.39, 0.29) is 29.9 Å². The fraction of sp³-hybridized carbons (Fsp3) is 0.636. The lowest BCUT2D eigenvalue weighted by molar-refractivity contribution is -0.119. The Labute approximate surface area is 197 Å². The second-order valence-corrected chi connectivity index (χ2v) is 8.13. The maximum Gasteiger partial charge on any atom is 0.231 e. The summed E-state index contributed by atoms with van der Waals surface area (Å²) in [4.78, 5) is 20.7. The van der Waals surface area contributed by atoms with Crippen LogP contribution in [0.15, 0.2) is 35.3 Å². The molecule has 0 aliphatic carbocycles. The first-order chi connectivity index (χ1) is 14.1. The van der Waals surface area contributed by atoms with Gasteiger partial charge in [-0.15, -0.1) is 24.0 Å². The summed E-state index contributed by atoms with van der Waals surface area (Å²) in [5.74, 6) is 0.662. The molecule has 2 heterocycles. The summed E-state index contributed by atoms with van der Waals surface area (Å²) in [5, 5.41) is 6.99. The van der Waals surface area contributed by atoms with Crippen LogP contribution in [0.4, 0.5) is 0 Å². The number of rotatable bonds is 8. The number of hydrogen-bond donors (Lipinski definition) is 3. The number of piperidine rings is 1. The number of carbonyl (C=O) groups excluding carboxylic acids is 1. The van der Waals surface area contributed by atoms with Gasteiger partial charge >= 0.3 is 0 Å². The number of aliphatic imine (C=N–C) groups is 1. The minimum absolute atomic E-state index is 0. The van der Waals surface area contributed by atoms with Crippen molar-refractivity contribution in [2.24, 2.45) is 10.7 Å². The van der Waals surface area contributed by atoms with Crippen LogP contribution >= 0.6 is 24.0 Å². The van der Waals surface area contributed by atoms with Crippen molar-refractivity contribution in [2.45, 2.75) is 51.2 Å². The highest BCUT2D eigenvalue weighted by molar-refractivity contribution is 14.0. The average molecular weight is 528 g/mol. The first-order valence-corrected chi connectivity index (χ1v) is 11.0. The number of nitrogens with two attached hydrogens (primary N) is 1. The van der Waals surface area contributed by atoms with E-state index in [2.05, 4.69) is 57.7 Å². The van der Waals surface area contributed by atoms with Crippen LogP contribution in [0.5, 0.6) is 0 Å². The standard InChI is InChI=1S/C22H36N6O.HI/c1-2-24-22(26-19-10-13-27(14-11-19)17-21(23)29)25-15-20-9-6-12-28(20)16-18-7-4-3-5-8-18;/h3-5,7-8,19-20H,2,6,9-17H2,1H3,(H2,23,29)(H2,24,25,26);1H. The molecule has 0 spiro atoms. The predicted molar refractivity (Wildman–Crippen MR) is 133 cm³/mol. The Balaban J connectivity index is 0.00000320. The number of nitrogens with one attached hydrogen (secondary N) is 2. The van der Waals surface area contributed by atoms with Gasteiger partial charge in [-0.05, 0) is 44.7 Å². The number of carbonyl (C=O) groups is 1. The van der Waals surface area contributed by atoms with Crippen LogP contribution < -0.4 is 16.4 Å². The van der Waals surface area contributed by atoms with Crippen molar-refractivity contribution in [3.05, 3.63) is 35.9 Å². The van der Waals surface area contributed by atoms with Crippen LogP contribution in [-0.2, 0) is 11.3 Å². The molecule has 1 amide bonds. The molecule has 7 nitrogen and oxygen atoms in total. The number of amides is 1. The van der Waals surface area contributed by atoms with Gasteiger partial charge in [-0.25, -0.2) is 0 Å². The van der Waals surface area contributed by atoms with Crippen LogP contribution in [0.2, 0.25) is 0 Å². The third kappa shape index (κ3) is 8.03. The van der Waals surface area contributed by atoms with Crippen molar-refractivity contribution in [3.63, 3.8) is 0 Å². The van der Waals surface area contributed by atoms with E-state index >= 15 is 0 Å². The van der Waals surface area contributed by atoms with Gasteiger partial charge in [0.1, 0.15) is 0 Å². The summed E-state index contributed by atoms with van der Waals surface area (Å²) in [6.45, 7) is 8.08. The summed E-state index contributed by atoms with van der Waals surface area (Å²) in [6.07, 6.45) is 4.46. The molecule has 2 aliphatic rings. The Morgan fingerprint density at radius 1 is 1.17 bits per heavy atom. The van der Waals surface area contributed by atoms with Gasteiger partial charge in [0, 0.05) is 38.3 Å². The second kappa shape index (κ2) is 13.1. The summed E-state index contributed by atoms with van der Waals surface area (Å²) in [5.41, 5.74) is 6.68. The molecule has 0 aromatic heterocycles. The van der Waals surface area contributed by atoms with E-state index in [9.17, 15) is 4.79 Å². The molecule has 1 unspecified atom stereocenters. The molecule has 3 rings (SSSR count). The molecular formula is C22H37IN6O. The highest BCUT2D eigenvalue weighted by Crippen LogP contribution is 2.20. The third-order valence-corrected chi connectivity index (χ3v) is 5.84. The van der Waals surface area contributed by atoms with Gasteiger partial charge < -0.3 is 16.4 Å². The SMILES string of the molecule is CCNC(=NCC1CCCN1Cc1ccccc1)NC1CCN(CC(N)=O)CC1.I. The van der Waals surface area contributed by atoms with Crippen LogP contribution in [0.1, 0.15) is 38.2 Å². The molecule has 2 saturated heterocycles. The minimum Gasteiger partial charge on any atom is -0.369 e. The van der Waals surface area contributed by atoms with Gasteiger partial charge in [0.2, 0.25) is 5.91 Å². The van der Waals surface area contributed by atoms with Crippen LogP contribution in [0.3, 0.4) is 0 Å². The van der Waals surface area contributed by atoms with Crippen molar-refractivity contribution in [2.75, 3.05) is 39.3 Å². The van der Waals surface area contributed by atoms with Gasteiger partial charge in [-0.1, -0.05) is 30.3 Å². The van der Waals surface area contributed by atoms with E-state index in [0.29, 0.717) is 18.6 Å². The molecular weight excluding hydrogens is 491 g/mol. The maximum absolute atomic E-state index is 11.1. The number of primary amides is 1. The molecule has 0 saturated carbocycles. The Morgan fingerprint density at radius 2 is 1.90 bits per heavy atom. The van der Waals surface area contributed by atoms with E-state index in [1.807, 2.05) is 0 Å². The number of nitrogens with zero attached hydrogens (tertiary/aromatic N) is 3. The largest absolute Gasteiger partial charge is 0.369 e. The quantitative estimate of drug-likeness (QED) is 0.272. The lowest BCUT2D eigenvalue weighted by atomic mass is 10.1. The first-order valence-electron chi connectivity index (χ1n) is 11.0. The van der Waals surface area contributed by atoms with Crippen LogP contribution in [-0.4, -0.2) is 73.0 Å². The van der Waals surface area contributed by atoms with Gasteiger partial charge in [0.15, 0.2) is 5.96 Å². The lowest BCUT2D eigenvalue weighted by Gasteiger charge is -2.32. The first kappa shape index (κ1) is 24.9. The fourth-order valence-corrected chi connectivity index (χ4v) is 4.29. The third-order valence-electron chi connectivity index (χ3n) is 5.84. The molecule has 1 aromatic carbocycles. The molecule has 0 bridgehead atoms. The number of benzene rings is 1. The Morgan fingerprint density at radius 3 is 2.57 bits per heavy atom. The summed E-state index contributed by atoms with van der Waals surface area (Å²) < 4.78 is 0. The number of halogens is 1. The molecule has 1 aromatic rings. The monoisotopic (exact) mass is 528 g/mol. The second-order valence-electron chi connectivity index (χ2n) is 8.13. The molecule has 4 N–H and O–H groups in total. The average Bonchev–Trinajstić information content (AvgIpc) is 3.15. The van der Waals surface area contributed by atoms with E-state index in [1.165, 1.54) is 18.4 Å². The zero-order valence-corrected chi connectivity index (χ0v) is 20.4. The van der Waals surface area contributed by atoms with Crippen molar-refractivity contribution in [3.8, 4) is 0 Å². The highest BCUT2D eigenvalue weighted by Gasteiger charge is 2.25. The predicted octanol–water partition coefficient (Wildman–Crippen LogP) is 1.77. The number of guanidine groups is 1. The van der Waals surface area contributed by atoms with Crippen molar-refractivity contribution >= 4 is 35.8 Å². The Hall–Kier alpha value is -1.39. The van der Waals surface area contributed by atoms with Crippen molar-refractivity contribution in [1.29, 1.82) is 0 Å². The zero-order chi connectivity index (χ0) is 20.5. The van der Waals surface area contributed by atoms with Crippen LogP contribution in [0.25, 0.3) is 0 Å². The van der Waals surface area contributed by atoms with Crippen LogP contribution in [0, 0.1) is 0 Å². The molecule has 30 heavy (non-hydrogen) atoms. The topological polar surface area (TPSA) is 86.0 Å². The van der Waals surface area contributed by atoms with E-state index in [4.69, 9.17) is 10.7 Å². The summed E-state index contributed by atoms with van der Waals surface area (Å²) in [6, 6.07) is 11.6. The van der Waals surface area contributed by atoms with Gasteiger partial charge in [0.05, 0.1) is 13.1 Å². The number of likely N-dealkylation sites (tertiary alicyclic amines) is 2. The van der Waals surface area contributed by atoms with E-state index < -0.39 is 0 Å². The normalized spacial score (nSPS) is 21.2. The van der Waals surface area contributed by atoms with Crippen molar-refractivity contribution < 1.29 is 4.79 Å². The van der Waals surface area contributed by atoms with E-state index in [1.54, 1.807) is 0 Å². The number of hydrogen-bond acceptors (Lipinski definition) is 4. The highest BCUT2D eigenvalue weighted by atomic mass is 127. The summed E-state index contributed by atoms with van der Waals surface area (Å²) in [7, 11) is 0. The molecule has 8 heteroatoms. The zero-order valence-electron chi connectivity index (χ0n) is 18.1. The molecule has 2 fully saturated rings. The minimum atomic E-state index is -0.247. The van der Waals surface area contributed by atoms with Gasteiger partial charge in [-0.3, -0.25) is 19.6 Å². The van der Waals surface area contributed by atoms with Gasteiger partial charge in [0.25, 0.3) is 0 Å². The summed E-state index contributed by atoms with van der Waals surface area (Å²) >= 11 is 0. The lowest BCUT2D eigenvalue weighted by Crippen LogP contribution is -2.50. The fourth-order valence-electron chi connectivity index (χ4n) is 4.29. The molecule has 2 aliphatic heterocycles. The van der Waals surface area contributed by atoms with Gasteiger partial charge in [-0.2, -0.15) is 0 Å². The molecule has 1 atom stereocenters. The van der Waals surface area contributed by atoms with Crippen molar-refractivity contribution in [1.82, 2.24) is 20.4 Å². The smallest absolute Gasteiger partial charge is 0.231 e. The Bertz CT molecular complexity index is 663.